The number of halogens is 1. The summed E-state index contributed by atoms with van der Waals surface area (Å²) < 4.78 is 55.7. The summed E-state index contributed by atoms with van der Waals surface area (Å²) in [5.74, 6) is 0.0872. The van der Waals surface area contributed by atoms with Crippen LogP contribution >= 0.6 is 22.6 Å². The lowest BCUT2D eigenvalue weighted by atomic mass is 10.0. The van der Waals surface area contributed by atoms with Crippen molar-refractivity contribution in [1.82, 2.24) is 0 Å². The summed E-state index contributed by atoms with van der Waals surface area (Å²) in [5.41, 5.74) is 0.944. The van der Waals surface area contributed by atoms with Gasteiger partial charge in [-0.1, -0.05) is 53.1 Å². The van der Waals surface area contributed by atoms with Crippen molar-refractivity contribution in [3.05, 3.63) is 54.1 Å². The number of benzene rings is 2. The quantitative estimate of drug-likeness (QED) is 0.334. The average Bonchev–Trinajstić information content (AvgIpc) is 2.62. The molecular formula is C19H21IO5S2. The summed E-state index contributed by atoms with van der Waals surface area (Å²) in [6.45, 7) is 1.86. The maximum atomic E-state index is 12.9. The van der Waals surface area contributed by atoms with E-state index in [0.717, 1.165) is 24.8 Å². The normalized spacial score (nSPS) is 21.0. The van der Waals surface area contributed by atoms with E-state index < -0.39 is 25.2 Å². The van der Waals surface area contributed by atoms with Crippen molar-refractivity contribution in [2.45, 2.75) is 51.6 Å². The Balaban J connectivity index is 1.80. The maximum absolute atomic E-state index is 12.9. The van der Waals surface area contributed by atoms with E-state index in [1.807, 2.05) is 6.92 Å². The zero-order valence-electron chi connectivity index (χ0n) is 14.8. The first-order chi connectivity index (χ1) is 12.7. The Bertz CT molecular complexity index is 997. The predicted octanol–water partition coefficient (Wildman–Crippen LogP) is 4.28. The molecular weight excluding hydrogens is 499 g/mol. The van der Waals surface area contributed by atoms with Gasteiger partial charge in [-0.15, -0.1) is 0 Å². The van der Waals surface area contributed by atoms with Crippen molar-refractivity contribution >= 4 is 42.5 Å². The fourth-order valence-electron chi connectivity index (χ4n) is 3.14. The molecule has 2 atom stereocenters. The van der Waals surface area contributed by atoms with Crippen LogP contribution in [0.1, 0.15) is 31.2 Å². The molecule has 0 spiro atoms. The average molecular weight is 520 g/mol. The smallest absolute Gasteiger partial charge is 0.339 e. The number of aryl methyl sites for hydroxylation is 1. The fourth-order valence-corrected chi connectivity index (χ4v) is 7.90. The highest BCUT2D eigenvalue weighted by atomic mass is 127. The van der Waals surface area contributed by atoms with Crippen LogP contribution in [0.4, 0.5) is 0 Å². The van der Waals surface area contributed by atoms with Crippen molar-refractivity contribution in [3.8, 4) is 5.75 Å². The van der Waals surface area contributed by atoms with Crippen molar-refractivity contribution in [1.29, 1.82) is 0 Å². The van der Waals surface area contributed by atoms with E-state index in [-0.39, 0.29) is 19.5 Å². The van der Waals surface area contributed by atoms with Crippen molar-refractivity contribution < 1.29 is 21.0 Å². The van der Waals surface area contributed by atoms with E-state index in [1.165, 1.54) is 36.4 Å². The minimum atomic E-state index is -3.96. The van der Waals surface area contributed by atoms with Gasteiger partial charge in [-0.25, -0.2) is 8.42 Å². The minimum Gasteiger partial charge on any atom is -0.379 e. The summed E-state index contributed by atoms with van der Waals surface area (Å²) in [7, 11) is -7.40. The molecule has 2 aromatic carbocycles. The second-order valence-electron chi connectivity index (χ2n) is 6.71. The number of rotatable bonds is 5. The molecule has 0 aliphatic heterocycles. The van der Waals surface area contributed by atoms with Crippen LogP contribution in [-0.2, 0) is 20.0 Å². The Labute approximate surface area is 174 Å². The van der Waals surface area contributed by atoms with Crippen LogP contribution in [0.15, 0.2) is 58.3 Å². The molecule has 1 aliphatic rings. The molecule has 0 bridgehead atoms. The van der Waals surface area contributed by atoms with Crippen LogP contribution in [0.5, 0.6) is 5.75 Å². The molecule has 0 saturated heterocycles. The Hall–Kier alpha value is -1.13. The molecule has 0 heterocycles. The van der Waals surface area contributed by atoms with Gasteiger partial charge in [0.15, 0.2) is 9.84 Å². The first-order valence-electron chi connectivity index (χ1n) is 8.69. The van der Waals surface area contributed by atoms with E-state index in [1.54, 1.807) is 12.1 Å². The number of sulfone groups is 1. The van der Waals surface area contributed by atoms with Gasteiger partial charge in [-0.3, -0.25) is 0 Å². The third kappa shape index (κ3) is 4.65. The summed E-state index contributed by atoms with van der Waals surface area (Å²) in [6.07, 6.45) is 3.54. The Morgan fingerprint density at radius 3 is 2.00 bits per heavy atom. The van der Waals surface area contributed by atoms with Crippen LogP contribution in [0.3, 0.4) is 0 Å². The van der Waals surface area contributed by atoms with E-state index in [9.17, 15) is 16.8 Å². The van der Waals surface area contributed by atoms with Crippen LogP contribution in [-0.4, -0.2) is 26.0 Å². The topological polar surface area (TPSA) is 77.5 Å². The van der Waals surface area contributed by atoms with Gasteiger partial charge >= 0.3 is 10.1 Å². The molecule has 1 fully saturated rings. The van der Waals surface area contributed by atoms with E-state index in [2.05, 4.69) is 22.6 Å². The molecule has 27 heavy (non-hydrogen) atoms. The summed E-state index contributed by atoms with van der Waals surface area (Å²) in [6, 6.07) is 12.0. The van der Waals surface area contributed by atoms with E-state index in [0.29, 0.717) is 6.42 Å². The Morgan fingerprint density at radius 1 is 0.852 bits per heavy atom. The summed E-state index contributed by atoms with van der Waals surface area (Å²) in [5, 5.41) is -0.394. The SMILES string of the molecule is Cc1ccc(S(=O)(=O)Oc2ccc(S(=O)(=O)C3CCCCC3I)cc2)cc1. The summed E-state index contributed by atoms with van der Waals surface area (Å²) >= 11 is 2.22. The van der Waals surface area contributed by atoms with Gasteiger partial charge in [0.25, 0.3) is 0 Å². The third-order valence-electron chi connectivity index (χ3n) is 4.69. The van der Waals surface area contributed by atoms with Gasteiger partial charge in [-0.2, -0.15) is 8.42 Å². The molecule has 146 valence electrons. The third-order valence-corrected chi connectivity index (χ3v) is 10.2. The van der Waals surface area contributed by atoms with E-state index >= 15 is 0 Å². The van der Waals surface area contributed by atoms with E-state index in [4.69, 9.17) is 4.18 Å². The molecule has 8 heteroatoms. The monoisotopic (exact) mass is 520 g/mol. The number of hydrogen-bond acceptors (Lipinski definition) is 5. The molecule has 0 amide bonds. The van der Waals surface area contributed by atoms with Crippen LogP contribution in [0.25, 0.3) is 0 Å². The van der Waals surface area contributed by atoms with Gasteiger partial charge < -0.3 is 4.18 Å². The molecule has 3 rings (SSSR count). The highest BCUT2D eigenvalue weighted by Gasteiger charge is 2.35. The Morgan fingerprint density at radius 2 is 1.41 bits per heavy atom. The summed E-state index contributed by atoms with van der Waals surface area (Å²) in [4.78, 5) is 0.260. The molecule has 0 aromatic heterocycles. The van der Waals surface area contributed by atoms with Gasteiger partial charge in [0, 0.05) is 3.92 Å². The van der Waals surface area contributed by atoms with Gasteiger partial charge in [-0.05, 0) is 56.2 Å². The predicted molar refractivity (Wildman–Crippen MR) is 113 cm³/mol. The zero-order valence-corrected chi connectivity index (χ0v) is 18.6. The highest BCUT2D eigenvalue weighted by molar-refractivity contribution is 14.1. The first kappa shape index (κ1) is 20.6. The maximum Gasteiger partial charge on any atom is 0.339 e. The minimum absolute atomic E-state index is 0.0553. The molecule has 2 aromatic rings. The molecule has 5 nitrogen and oxygen atoms in total. The Kier molecular flexibility index (Phi) is 6.17. The van der Waals surface area contributed by atoms with Crippen molar-refractivity contribution in [2.24, 2.45) is 0 Å². The number of alkyl halides is 1. The van der Waals surface area contributed by atoms with Crippen LogP contribution < -0.4 is 4.18 Å². The lowest BCUT2D eigenvalue weighted by molar-refractivity contribution is 0.485. The highest BCUT2D eigenvalue weighted by Crippen LogP contribution is 2.34. The van der Waals surface area contributed by atoms with Gasteiger partial charge in [0.05, 0.1) is 10.1 Å². The number of hydrogen-bond donors (Lipinski definition) is 0. The van der Waals surface area contributed by atoms with Crippen LogP contribution in [0, 0.1) is 6.92 Å². The van der Waals surface area contributed by atoms with Crippen molar-refractivity contribution in [2.75, 3.05) is 0 Å². The van der Waals surface area contributed by atoms with Gasteiger partial charge in [0.1, 0.15) is 10.6 Å². The molecule has 0 N–H and O–H groups in total. The first-order valence-corrected chi connectivity index (χ1v) is 12.9. The van der Waals surface area contributed by atoms with Crippen LogP contribution in [0.2, 0.25) is 0 Å². The lowest BCUT2D eigenvalue weighted by Crippen LogP contribution is -2.33. The molecule has 2 unspecified atom stereocenters. The standard InChI is InChI=1S/C19H21IO5S2/c1-14-6-10-17(11-7-14)27(23,24)25-15-8-12-16(13-9-15)26(21,22)19-5-3-2-4-18(19)20/h6-13,18-19H,2-5H2,1H3. The van der Waals surface area contributed by atoms with Crippen molar-refractivity contribution in [3.63, 3.8) is 0 Å². The fraction of sp³-hybridized carbons (Fsp3) is 0.368. The van der Waals surface area contributed by atoms with Gasteiger partial charge in [0.2, 0.25) is 0 Å². The molecule has 1 saturated carbocycles. The molecule has 1 aliphatic carbocycles. The second kappa shape index (κ2) is 8.08. The lowest BCUT2D eigenvalue weighted by Gasteiger charge is -2.27. The second-order valence-corrected chi connectivity index (χ2v) is 12.0. The molecule has 0 radical (unpaired) electrons. The zero-order chi connectivity index (χ0) is 19.7. The largest absolute Gasteiger partial charge is 0.379 e.